The molecule has 7 nitrogen and oxygen atoms in total. The smallest absolute Gasteiger partial charge is 0.289 e. The van der Waals surface area contributed by atoms with Crippen molar-refractivity contribution in [1.82, 2.24) is 4.98 Å². The fourth-order valence-electron chi connectivity index (χ4n) is 1.45. The fourth-order valence-corrected chi connectivity index (χ4v) is 1.75. The molecule has 1 rings (SSSR count). The molecule has 0 radical (unpaired) electrons. The maximum Gasteiger partial charge on any atom is 0.289 e. The Balaban J connectivity index is 2.80. The molecular weight excluding hydrogens is 262 g/mol. The van der Waals surface area contributed by atoms with Crippen molar-refractivity contribution in [2.75, 3.05) is 32.2 Å². The highest BCUT2D eigenvalue weighted by Gasteiger charge is 2.16. The van der Waals surface area contributed by atoms with Crippen LogP contribution in [0.2, 0.25) is 5.02 Å². The van der Waals surface area contributed by atoms with Crippen LogP contribution in [0.1, 0.15) is 0 Å². The van der Waals surface area contributed by atoms with Gasteiger partial charge in [-0.2, -0.15) is 0 Å². The van der Waals surface area contributed by atoms with Gasteiger partial charge in [-0.05, 0) is 0 Å². The fraction of sp³-hybridized carbons (Fsp3) is 0.500. The molecule has 0 spiro atoms. The van der Waals surface area contributed by atoms with Crippen LogP contribution in [0.3, 0.4) is 0 Å². The summed E-state index contributed by atoms with van der Waals surface area (Å²) in [5, 5.41) is 20.3. The molecule has 0 aromatic carbocycles. The topological polar surface area (TPSA) is 88.7 Å². The van der Waals surface area contributed by atoms with E-state index in [4.69, 9.17) is 16.3 Å². The second kappa shape index (κ2) is 6.48. The lowest BCUT2D eigenvalue weighted by atomic mass is 10.3. The van der Waals surface area contributed by atoms with Gasteiger partial charge < -0.3 is 14.7 Å². The molecule has 0 aliphatic heterocycles. The molecule has 0 amide bonds. The molecule has 1 atom stereocenters. The third-order valence-corrected chi connectivity index (χ3v) is 2.50. The molecule has 1 N–H and O–H groups in total. The van der Waals surface area contributed by atoms with Crippen LogP contribution in [0.25, 0.3) is 0 Å². The van der Waals surface area contributed by atoms with E-state index in [9.17, 15) is 15.2 Å². The van der Waals surface area contributed by atoms with Crippen molar-refractivity contribution in [2.24, 2.45) is 0 Å². The van der Waals surface area contributed by atoms with Gasteiger partial charge in [-0.3, -0.25) is 10.1 Å². The number of aromatic nitrogens is 1. The summed E-state index contributed by atoms with van der Waals surface area (Å²) in [5.41, 5.74) is -0.172. The Morgan fingerprint density at radius 2 is 2.39 bits per heavy atom. The summed E-state index contributed by atoms with van der Waals surface area (Å²) >= 11 is 5.91. The SMILES string of the molecule is COCC(O)CN(C)c1ncc([N+](=O)[O-])cc1Cl. The first-order chi connectivity index (χ1) is 8.45. The maximum absolute atomic E-state index is 10.5. The molecule has 0 aliphatic carbocycles. The number of methoxy groups -OCH3 is 1. The lowest BCUT2D eigenvalue weighted by Crippen LogP contribution is -2.32. The Labute approximate surface area is 109 Å². The van der Waals surface area contributed by atoms with Crippen LogP contribution >= 0.6 is 11.6 Å². The van der Waals surface area contributed by atoms with Gasteiger partial charge in [-0.15, -0.1) is 0 Å². The Hall–Kier alpha value is -1.44. The summed E-state index contributed by atoms with van der Waals surface area (Å²) in [6.45, 7) is 0.452. The molecule has 0 aliphatic rings. The molecule has 0 bridgehead atoms. The maximum atomic E-state index is 10.5. The molecule has 1 heterocycles. The minimum atomic E-state index is -0.687. The Morgan fingerprint density at radius 3 is 2.89 bits per heavy atom. The van der Waals surface area contributed by atoms with Crippen LogP contribution in [0.4, 0.5) is 11.5 Å². The van der Waals surface area contributed by atoms with Crippen molar-refractivity contribution in [2.45, 2.75) is 6.10 Å². The van der Waals surface area contributed by atoms with Crippen LogP contribution in [0, 0.1) is 10.1 Å². The zero-order chi connectivity index (χ0) is 13.7. The summed E-state index contributed by atoms with van der Waals surface area (Å²) in [6, 6.07) is 1.23. The summed E-state index contributed by atoms with van der Waals surface area (Å²) in [6.07, 6.45) is 0.438. The summed E-state index contributed by atoms with van der Waals surface area (Å²) in [5.74, 6) is 0.373. The molecule has 1 aromatic heterocycles. The first kappa shape index (κ1) is 14.6. The highest BCUT2D eigenvalue weighted by molar-refractivity contribution is 6.33. The Bertz CT molecular complexity index is 430. The molecule has 8 heteroatoms. The van der Waals surface area contributed by atoms with Crippen molar-refractivity contribution in [3.8, 4) is 0 Å². The van der Waals surface area contributed by atoms with E-state index in [1.807, 2.05) is 0 Å². The third-order valence-electron chi connectivity index (χ3n) is 2.22. The second-order valence-corrected chi connectivity index (χ2v) is 4.15. The van der Waals surface area contributed by atoms with Crippen LogP contribution in [0.5, 0.6) is 0 Å². The van der Waals surface area contributed by atoms with Crippen LogP contribution in [-0.2, 0) is 4.74 Å². The molecule has 0 saturated heterocycles. The number of aliphatic hydroxyl groups excluding tert-OH is 1. The number of hydrogen-bond donors (Lipinski definition) is 1. The number of ether oxygens (including phenoxy) is 1. The van der Waals surface area contributed by atoms with E-state index in [-0.39, 0.29) is 23.9 Å². The van der Waals surface area contributed by atoms with Gasteiger partial charge in [0.1, 0.15) is 12.0 Å². The zero-order valence-corrected chi connectivity index (χ0v) is 10.8. The number of anilines is 1. The standard InChI is InChI=1S/C10H14ClN3O4/c1-13(5-8(15)6-18-2)10-9(11)3-7(4-12-10)14(16)17/h3-4,8,15H,5-6H2,1-2H3. The Kier molecular flexibility index (Phi) is 5.26. The van der Waals surface area contributed by atoms with Gasteiger partial charge in [0.15, 0.2) is 0 Å². The van der Waals surface area contributed by atoms with Gasteiger partial charge in [0, 0.05) is 26.8 Å². The number of aliphatic hydroxyl groups is 1. The highest BCUT2D eigenvalue weighted by Crippen LogP contribution is 2.26. The van der Waals surface area contributed by atoms with Gasteiger partial charge >= 0.3 is 0 Å². The predicted octanol–water partition coefficient (Wildman–Crippen LogP) is 1.09. The normalized spacial score (nSPS) is 12.2. The van der Waals surface area contributed by atoms with Crippen molar-refractivity contribution >= 4 is 23.1 Å². The van der Waals surface area contributed by atoms with Gasteiger partial charge in [0.25, 0.3) is 5.69 Å². The quantitative estimate of drug-likeness (QED) is 0.617. The van der Waals surface area contributed by atoms with Gasteiger partial charge in [-0.25, -0.2) is 4.98 Å². The molecule has 1 unspecified atom stereocenters. The zero-order valence-electron chi connectivity index (χ0n) is 10.0. The monoisotopic (exact) mass is 275 g/mol. The number of hydrogen-bond acceptors (Lipinski definition) is 6. The van der Waals surface area contributed by atoms with E-state index in [1.165, 1.54) is 13.2 Å². The number of rotatable bonds is 6. The van der Waals surface area contributed by atoms with Crippen molar-refractivity contribution in [3.05, 3.63) is 27.4 Å². The first-order valence-corrected chi connectivity index (χ1v) is 5.51. The lowest BCUT2D eigenvalue weighted by Gasteiger charge is -2.21. The number of halogens is 1. The summed E-state index contributed by atoms with van der Waals surface area (Å²) in [7, 11) is 3.17. The van der Waals surface area contributed by atoms with Gasteiger partial charge in [0.05, 0.1) is 22.7 Å². The van der Waals surface area contributed by atoms with E-state index in [1.54, 1.807) is 11.9 Å². The van der Waals surface area contributed by atoms with Crippen LogP contribution in [-0.4, -0.2) is 48.4 Å². The average molecular weight is 276 g/mol. The second-order valence-electron chi connectivity index (χ2n) is 3.75. The average Bonchev–Trinajstić information content (AvgIpc) is 2.28. The molecule has 100 valence electrons. The predicted molar refractivity (Wildman–Crippen MR) is 67.1 cm³/mol. The molecule has 0 saturated carbocycles. The van der Waals surface area contributed by atoms with Crippen molar-refractivity contribution < 1.29 is 14.8 Å². The molecule has 1 aromatic rings. The van der Waals surface area contributed by atoms with Crippen molar-refractivity contribution in [3.63, 3.8) is 0 Å². The van der Waals surface area contributed by atoms with Crippen molar-refractivity contribution in [1.29, 1.82) is 0 Å². The Morgan fingerprint density at radius 1 is 1.72 bits per heavy atom. The van der Waals surface area contributed by atoms with E-state index < -0.39 is 11.0 Å². The van der Waals surface area contributed by atoms with Gasteiger partial charge in [0.2, 0.25) is 0 Å². The van der Waals surface area contributed by atoms with Gasteiger partial charge in [-0.1, -0.05) is 11.6 Å². The molecule has 18 heavy (non-hydrogen) atoms. The number of nitro groups is 1. The minimum Gasteiger partial charge on any atom is -0.389 e. The highest BCUT2D eigenvalue weighted by atomic mass is 35.5. The van der Waals surface area contributed by atoms with E-state index >= 15 is 0 Å². The van der Waals surface area contributed by atoms with E-state index in [2.05, 4.69) is 4.98 Å². The molecular formula is C10H14ClN3O4. The van der Waals surface area contributed by atoms with Crippen LogP contribution in [0.15, 0.2) is 12.3 Å². The van der Waals surface area contributed by atoms with Crippen LogP contribution < -0.4 is 4.90 Å². The largest absolute Gasteiger partial charge is 0.389 e. The number of pyridine rings is 1. The molecule has 0 fully saturated rings. The first-order valence-electron chi connectivity index (χ1n) is 5.13. The minimum absolute atomic E-state index is 0.163. The summed E-state index contributed by atoms with van der Waals surface area (Å²) < 4.78 is 4.80. The lowest BCUT2D eigenvalue weighted by molar-refractivity contribution is -0.385. The van der Waals surface area contributed by atoms with E-state index in [0.29, 0.717) is 5.82 Å². The van der Waals surface area contributed by atoms with E-state index in [0.717, 1.165) is 6.20 Å². The number of likely N-dealkylation sites (N-methyl/N-ethyl adjacent to an activating group) is 1. The summed E-state index contributed by atoms with van der Waals surface area (Å²) in [4.78, 5) is 15.5. The number of nitrogens with zero attached hydrogens (tertiary/aromatic N) is 3. The third kappa shape index (κ3) is 3.80.